The number of nitrogens with one attached hydrogen (secondary N) is 1. The lowest BCUT2D eigenvalue weighted by Gasteiger charge is -2.08. The SMILES string of the molecule is C=CCOC(=O)c1sc(NC(=O)c2cccc(OC)c2)c(C(=O)OCC)c1C. The van der Waals surface area contributed by atoms with E-state index in [9.17, 15) is 14.4 Å². The lowest BCUT2D eigenvalue weighted by Crippen LogP contribution is -2.15. The van der Waals surface area contributed by atoms with E-state index in [1.54, 1.807) is 38.1 Å². The number of anilines is 1. The van der Waals surface area contributed by atoms with Crippen molar-refractivity contribution in [1.29, 1.82) is 0 Å². The summed E-state index contributed by atoms with van der Waals surface area (Å²) >= 11 is 0.959. The van der Waals surface area contributed by atoms with E-state index in [0.717, 1.165) is 11.3 Å². The van der Waals surface area contributed by atoms with E-state index in [0.29, 0.717) is 16.9 Å². The van der Waals surface area contributed by atoms with Crippen molar-refractivity contribution in [3.8, 4) is 5.75 Å². The summed E-state index contributed by atoms with van der Waals surface area (Å²) in [5, 5.41) is 2.90. The van der Waals surface area contributed by atoms with E-state index < -0.39 is 17.8 Å². The van der Waals surface area contributed by atoms with Gasteiger partial charge in [0, 0.05) is 5.56 Å². The molecule has 1 aromatic carbocycles. The fourth-order valence-corrected chi connectivity index (χ4v) is 3.47. The van der Waals surface area contributed by atoms with Gasteiger partial charge in [-0.1, -0.05) is 18.7 Å². The second-order valence-corrected chi connectivity index (χ2v) is 6.57. The van der Waals surface area contributed by atoms with Crippen LogP contribution in [0.4, 0.5) is 5.00 Å². The van der Waals surface area contributed by atoms with Crippen LogP contribution in [0.3, 0.4) is 0 Å². The molecular formula is C20H21NO6S. The number of methoxy groups -OCH3 is 1. The summed E-state index contributed by atoms with van der Waals surface area (Å²) in [6.45, 7) is 6.97. The predicted molar refractivity (Wildman–Crippen MR) is 106 cm³/mol. The summed E-state index contributed by atoms with van der Waals surface area (Å²) in [5.74, 6) is -1.15. The molecular weight excluding hydrogens is 382 g/mol. The summed E-state index contributed by atoms with van der Waals surface area (Å²) in [6.07, 6.45) is 1.44. The zero-order valence-corrected chi connectivity index (χ0v) is 16.7. The highest BCUT2D eigenvalue weighted by atomic mass is 32.1. The van der Waals surface area contributed by atoms with Gasteiger partial charge in [-0.05, 0) is 37.6 Å². The molecule has 0 saturated heterocycles. The predicted octanol–water partition coefficient (Wildman–Crippen LogP) is 3.84. The summed E-state index contributed by atoms with van der Waals surface area (Å²) in [6, 6.07) is 6.57. The van der Waals surface area contributed by atoms with Crippen LogP contribution in [0.15, 0.2) is 36.9 Å². The first-order valence-corrected chi connectivity index (χ1v) is 9.28. The maximum Gasteiger partial charge on any atom is 0.348 e. The quantitative estimate of drug-likeness (QED) is 0.532. The number of hydrogen-bond acceptors (Lipinski definition) is 7. The van der Waals surface area contributed by atoms with Gasteiger partial charge in [-0.2, -0.15) is 0 Å². The molecule has 1 heterocycles. The van der Waals surface area contributed by atoms with E-state index in [4.69, 9.17) is 14.2 Å². The van der Waals surface area contributed by atoms with E-state index in [1.165, 1.54) is 13.2 Å². The Bertz CT molecular complexity index is 902. The molecule has 28 heavy (non-hydrogen) atoms. The monoisotopic (exact) mass is 403 g/mol. The number of carbonyl (C=O) groups excluding carboxylic acids is 3. The fourth-order valence-electron chi connectivity index (χ4n) is 2.39. The first-order valence-electron chi connectivity index (χ1n) is 8.46. The van der Waals surface area contributed by atoms with Crippen molar-refractivity contribution in [2.45, 2.75) is 13.8 Å². The van der Waals surface area contributed by atoms with E-state index in [2.05, 4.69) is 11.9 Å². The number of rotatable bonds is 8. The number of esters is 2. The van der Waals surface area contributed by atoms with Gasteiger partial charge in [0.05, 0.1) is 19.3 Å². The van der Waals surface area contributed by atoms with E-state index in [-0.39, 0.29) is 28.7 Å². The molecule has 0 bridgehead atoms. The standard InChI is InChI=1S/C20H21NO6S/c1-5-10-27-20(24)16-12(3)15(19(23)26-6-2)18(28-16)21-17(22)13-8-7-9-14(11-13)25-4/h5,7-9,11H,1,6,10H2,2-4H3,(H,21,22). The van der Waals surface area contributed by atoms with Crippen LogP contribution in [0.5, 0.6) is 5.75 Å². The van der Waals surface area contributed by atoms with Gasteiger partial charge in [0.1, 0.15) is 22.2 Å². The number of benzene rings is 1. The third-order valence-electron chi connectivity index (χ3n) is 3.70. The Morgan fingerprint density at radius 1 is 1.21 bits per heavy atom. The Morgan fingerprint density at radius 2 is 1.96 bits per heavy atom. The van der Waals surface area contributed by atoms with Crippen molar-refractivity contribution in [3.05, 3.63) is 58.5 Å². The van der Waals surface area contributed by atoms with E-state index >= 15 is 0 Å². The fraction of sp³-hybridized carbons (Fsp3) is 0.250. The Balaban J connectivity index is 2.40. The highest BCUT2D eigenvalue weighted by Crippen LogP contribution is 2.34. The molecule has 8 heteroatoms. The van der Waals surface area contributed by atoms with Gasteiger partial charge in [0.15, 0.2) is 0 Å². The van der Waals surface area contributed by atoms with Gasteiger partial charge in [-0.25, -0.2) is 9.59 Å². The molecule has 7 nitrogen and oxygen atoms in total. The molecule has 0 spiro atoms. The number of ether oxygens (including phenoxy) is 3. The highest BCUT2D eigenvalue weighted by Gasteiger charge is 2.27. The highest BCUT2D eigenvalue weighted by molar-refractivity contribution is 7.18. The molecule has 0 atom stereocenters. The first kappa shape index (κ1) is 21.2. The van der Waals surface area contributed by atoms with Crippen LogP contribution >= 0.6 is 11.3 Å². The zero-order chi connectivity index (χ0) is 20.7. The maximum absolute atomic E-state index is 12.6. The number of thiophene rings is 1. The van der Waals surface area contributed by atoms with Crippen molar-refractivity contribution >= 4 is 34.2 Å². The molecule has 1 amide bonds. The summed E-state index contributed by atoms with van der Waals surface area (Å²) < 4.78 is 15.3. The molecule has 0 aliphatic carbocycles. The van der Waals surface area contributed by atoms with Crippen molar-refractivity contribution < 1.29 is 28.6 Å². The topological polar surface area (TPSA) is 90.9 Å². The van der Waals surface area contributed by atoms with Gasteiger partial charge >= 0.3 is 11.9 Å². The van der Waals surface area contributed by atoms with Crippen LogP contribution in [0, 0.1) is 6.92 Å². The second-order valence-electron chi connectivity index (χ2n) is 5.55. The lowest BCUT2D eigenvalue weighted by atomic mass is 10.1. The normalized spacial score (nSPS) is 10.1. The third-order valence-corrected chi connectivity index (χ3v) is 4.89. The second kappa shape index (κ2) is 9.70. The van der Waals surface area contributed by atoms with Gasteiger partial charge < -0.3 is 19.5 Å². The van der Waals surface area contributed by atoms with Crippen LogP contribution in [-0.2, 0) is 9.47 Å². The first-order chi connectivity index (χ1) is 13.4. The smallest absolute Gasteiger partial charge is 0.348 e. The van der Waals surface area contributed by atoms with Crippen molar-refractivity contribution in [3.63, 3.8) is 0 Å². The molecule has 148 valence electrons. The van der Waals surface area contributed by atoms with Crippen molar-refractivity contribution in [1.82, 2.24) is 0 Å². The van der Waals surface area contributed by atoms with Crippen LogP contribution in [0.25, 0.3) is 0 Å². The molecule has 0 aliphatic heterocycles. The average molecular weight is 403 g/mol. The Hall–Kier alpha value is -3.13. The largest absolute Gasteiger partial charge is 0.497 e. The minimum atomic E-state index is -0.625. The molecule has 2 aromatic rings. The molecule has 0 unspecified atom stereocenters. The Kier molecular flexibility index (Phi) is 7.34. The molecule has 2 rings (SSSR count). The number of hydrogen-bond donors (Lipinski definition) is 1. The summed E-state index contributed by atoms with van der Waals surface area (Å²) in [7, 11) is 1.50. The third kappa shape index (κ3) is 4.77. The molecule has 0 fully saturated rings. The maximum atomic E-state index is 12.6. The van der Waals surface area contributed by atoms with Crippen LogP contribution < -0.4 is 10.1 Å². The minimum Gasteiger partial charge on any atom is -0.497 e. The lowest BCUT2D eigenvalue weighted by molar-refractivity contribution is 0.0527. The minimum absolute atomic E-state index is 0.0381. The summed E-state index contributed by atoms with van der Waals surface area (Å²) in [5.41, 5.74) is 0.864. The van der Waals surface area contributed by atoms with Gasteiger partial charge in [0.2, 0.25) is 0 Å². The number of amides is 1. The molecule has 0 aliphatic rings. The van der Waals surface area contributed by atoms with Crippen molar-refractivity contribution in [2.24, 2.45) is 0 Å². The molecule has 1 aromatic heterocycles. The van der Waals surface area contributed by atoms with Gasteiger partial charge in [0.25, 0.3) is 5.91 Å². The van der Waals surface area contributed by atoms with Crippen LogP contribution in [0.1, 0.15) is 42.9 Å². The average Bonchev–Trinajstić information content (AvgIpc) is 3.02. The van der Waals surface area contributed by atoms with Crippen molar-refractivity contribution in [2.75, 3.05) is 25.6 Å². The van der Waals surface area contributed by atoms with Crippen LogP contribution in [-0.4, -0.2) is 38.2 Å². The van der Waals surface area contributed by atoms with E-state index in [1.807, 2.05) is 0 Å². The molecule has 0 radical (unpaired) electrons. The molecule has 1 N–H and O–H groups in total. The Morgan fingerprint density at radius 3 is 2.61 bits per heavy atom. The van der Waals surface area contributed by atoms with Gasteiger partial charge in [-0.3, -0.25) is 4.79 Å². The van der Waals surface area contributed by atoms with Gasteiger partial charge in [-0.15, -0.1) is 11.3 Å². The van der Waals surface area contributed by atoms with Crippen LogP contribution in [0.2, 0.25) is 0 Å². The summed E-state index contributed by atoms with van der Waals surface area (Å²) in [4.78, 5) is 37.5. The Labute approximate surface area is 166 Å². The zero-order valence-electron chi connectivity index (χ0n) is 15.9. The molecule has 0 saturated carbocycles. The number of carbonyl (C=O) groups is 3.